The molecular formula is C108H154N12O23. The Morgan fingerprint density at radius 1 is 0.315 bits per heavy atom. The van der Waals surface area contributed by atoms with Gasteiger partial charge in [-0.3, -0.25) is 57.5 Å². The van der Waals surface area contributed by atoms with Gasteiger partial charge in [0.25, 0.3) is 0 Å². The summed E-state index contributed by atoms with van der Waals surface area (Å²) in [6.45, 7) is 44.7. The quantitative estimate of drug-likeness (QED) is 0.0125. The van der Waals surface area contributed by atoms with Gasteiger partial charge < -0.3 is 107 Å². The predicted molar refractivity (Wildman–Crippen MR) is 542 cm³/mol. The van der Waals surface area contributed by atoms with Gasteiger partial charge in [0.1, 0.15) is 93.3 Å². The molecule has 0 heterocycles. The van der Waals surface area contributed by atoms with Crippen LogP contribution in [0.3, 0.4) is 0 Å². The zero-order chi connectivity index (χ0) is 107. The summed E-state index contributed by atoms with van der Waals surface area (Å²) >= 11 is 0. The lowest BCUT2D eigenvalue weighted by Gasteiger charge is -2.37. The summed E-state index contributed by atoms with van der Waals surface area (Å²) in [6.07, 6.45) is -5.92. The molecule has 0 saturated carbocycles. The maximum Gasteiger partial charge on any atom is 0.408 e. The van der Waals surface area contributed by atoms with Gasteiger partial charge in [0, 0.05) is 25.7 Å². The maximum absolute atomic E-state index is 15.6. The normalized spacial score (nSPS) is 14.6. The van der Waals surface area contributed by atoms with Crippen molar-refractivity contribution in [3.8, 4) is 11.5 Å². The zero-order valence-electron chi connectivity index (χ0n) is 88.3. The summed E-state index contributed by atoms with van der Waals surface area (Å²) in [6, 6.07) is 34.4. The van der Waals surface area contributed by atoms with Crippen LogP contribution in [0.15, 0.2) is 170 Å². The first-order valence-electron chi connectivity index (χ1n) is 48.2. The second-order valence-corrected chi connectivity index (χ2v) is 44.0. The molecule has 13 N–H and O–H groups in total. The van der Waals surface area contributed by atoms with Gasteiger partial charge in [0.2, 0.25) is 65.0 Å². The number of benzene rings is 6. The number of hydrogen-bond acceptors (Lipinski definition) is 22. The Morgan fingerprint density at radius 3 is 1.08 bits per heavy atom. The second kappa shape index (κ2) is 51.4. The molecule has 0 fully saturated rings. The van der Waals surface area contributed by atoms with Crippen LogP contribution in [0.2, 0.25) is 0 Å². The molecule has 0 bridgehead atoms. The molecule has 0 aliphatic rings. The van der Waals surface area contributed by atoms with Crippen molar-refractivity contribution in [2.75, 3.05) is 19.8 Å². The molecule has 35 nitrogen and oxygen atoms in total. The Morgan fingerprint density at radius 2 is 0.671 bits per heavy atom. The van der Waals surface area contributed by atoms with Gasteiger partial charge in [-0.25, -0.2) is 9.59 Å². The number of rotatable bonds is 47. The number of ether oxygens (including phenoxy) is 8. The first-order valence-corrected chi connectivity index (χ1v) is 48.2. The first kappa shape index (κ1) is 119. The summed E-state index contributed by atoms with van der Waals surface area (Å²) in [7, 11) is 0. The minimum Gasteiger partial charge on any atom is -0.488 e. The van der Waals surface area contributed by atoms with Gasteiger partial charge >= 0.3 is 18.0 Å². The molecule has 143 heavy (non-hydrogen) atoms. The largest absolute Gasteiger partial charge is 0.488 e. The summed E-state index contributed by atoms with van der Waals surface area (Å²) in [5, 5.41) is 42.8. The number of amides is 12. The SMILES string of the molecule is C[C@@H](OC(C)(C)C)[C@H](NC(=O)CNC(=O)[C@H](CCC(=O)NC(c1ccccc1)(c1ccccc1)c1ccccc1)NC(=O)C(C)(C)NC(=O)[C@H](Cc1ccc(OC(C)(C)C)cc1)NC(=O)OC(C)(C)C)C(=O)N[C@@H](Cc1ccccc1)C(=O)N[C@H](C(=O)N[C@@H](COC(C)(C)C)C(=O)N[C@@H](CC(=O)OC(C)(C)C)C(=O)N[C@@H](Cc1ccc(OC(C)(C)C)cc1)C(=O)N[C@@H](COC(C)(C)C)C(=O)O)[C@@H](C)OC(C)(C)C. The monoisotopic (exact) mass is 1990 g/mol. The van der Waals surface area contributed by atoms with Crippen LogP contribution < -0.4 is 73.3 Å². The van der Waals surface area contributed by atoms with Crippen LogP contribution in [0, 0.1) is 0 Å². The van der Waals surface area contributed by atoms with Crippen LogP contribution in [0.25, 0.3) is 0 Å². The molecule has 35 heteroatoms. The molecule has 0 aliphatic heterocycles. The summed E-state index contributed by atoms with van der Waals surface area (Å²) in [4.78, 5) is 207. The minimum atomic E-state index is -1.91. The van der Waals surface area contributed by atoms with Crippen molar-refractivity contribution in [2.24, 2.45) is 0 Å². The standard InChI is InChI=1S/C108H154N12O23/c1-66(138-101(9,10)11)86(117-84(122)63-109-88(124)76(57-58-83(121)119-108(71-43-35-30-36-44-71,72-45-37-31-38-46-72)73-47-39-32-40-48-73)115-97(134)107(27,28)120-93(129)79(116-98(135)143-106(24,25)26)61-70-51-55-75(56-52-70)141-104(18,19)20)94(130)112-78(59-68-41-33-29-34-42-68)91(127)118-87(67(2)139-102(12,13)14)95(131)113-81(64-136-99(3,4)5)92(128)111-80(62-85(123)142-105(21,22)23)90(126)110-77(60-69-49-53-74(54-50-69)140-103(15,16)17)89(125)114-82(96(132)133)65-137-100(6,7)8/h29-56,66-67,76-82,86-87H,57-65H2,1-28H3,(H,109,124)(H,110,126)(H,111,128)(H,112,130)(H,113,131)(H,114,125)(H,115,134)(H,116,135)(H,117,122)(H,118,127)(H,119,121)(H,120,129)(H,132,133)/t66-,67-,76+,77+,78+,79+,80+,81+,82+,86+,87+/m1/s1. The van der Waals surface area contributed by atoms with Crippen molar-refractivity contribution in [1.82, 2.24) is 63.8 Å². The molecule has 0 unspecified atom stereocenters. The molecule has 6 aromatic rings. The molecule has 0 spiro atoms. The Labute approximate surface area is 842 Å². The number of carbonyl (C=O) groups excluding carboxylic acids is 13. The molecular weight excluding hydrogens is 1830 g/mol. The van der Waals surface area contributed by atoms with E-state index in [1.165, 1.54) is 27.7 Å². The second-order valence-electron chi connectivity index (χ2n) is 44.0. The fraction of sp³-hybridized carbons (Fsp3) is 0.537. The average molecular weight is 1990 g/mol. The number of carboxylic acid groups (broad SMARTS) is 1. The Balaban J connectivity index is 1.36. The van der Waals surface area contributed by atoms with Gasteiger partial charge in [-0.05, 0) is 258 Å². The first-order chi connectivity index (χ1) is 66.0. The number of carboxylic acids is 1. The van der Waals surface area contributed by atoms with Crippen LogP contribution in [0.4, 0.5) is 4.79 Å². The van der Waals surface area contributed by atoms with Gasteiger partial charge in [-0.2, -0.15) is 0 Å². The fourth-order valence-corrected chi connectivity index (χ4v) is 14.8. The third-order valence-corrected chi connectivity index (χ3v) is 21.0. The van der Waals surface area contributed by atoms with Crippen molar-refractivity contribution in [2.45, 2.75) is 355 Å². The van der Waals surface area contributed by atoms with E-state index >= 15 is 38.4 Å². The van der Waals surface area contributed by atoms with E-state index < -0.39 is 245 Å². The predicted octanol–water partition coefficient (Wildman–Crippen LogP) is 10.6. The van der Waals surface area contributed by atoms with Gasteiger partial charge in [0.05, 0.1) is 60.8 Å². The third-order valence-electron chi connectivity index (χ3n) is 21.0. The lowest BCUT2D eigenvalue weighted by Crippen LogP contribution is -2.64. The lowest BCUT2D eigenvalue weighted by molar-refractivity contribution is -0.157. The van der Waals surface area contributed by atoms with E-state index in [0.29, 0.717) is 44.9 Å². The van der Waals surface area contributed by atoms with Crippen molar-refractivity contribution in [1.29, 1.82) is 0 Å². The average Bonchev–Trinajstić information content (AvgIpc) is 0.751. The van der Waals surface area contributed by atoms with E-state index in [2.05, 4.69) is 63.8 Å². The maximum atomic E-state index is 15.6. The van der Waals surface area contributed by atoms with Crippen LogP contribution in [0.5, 0.6) is 11.5 Å². The van der Waals surface area contributed by atoms with E-state index in [4.69, 9.17) is 37.9 Å². The Bertz CT molecular complexity index is 5150. The summed E-state index contributed by atoms with van der Waals surface area (Å²) in [5.41, 5.74) is -6.91. The van der Waals surface area contributed by atoms with Crippen LogP contribution in [-0.2, 0) is 116 Å². The number of alkyl carbamates (subject to hydrolysis) is 1. The van der Waals surface area contributed by atoms with Crippen molar-refractivity contribution in [3.05, 3.63) is 203 Å². The molecule has 12 amide bonds. The zero-order valence-corrected chi connectivity index (χ0v) is 88.3. The fourth-order valence-electron chi connectivity index (χ4n) is 14.8. The number of nitrogens with one attached hydrogen (secondary N) is 12. The smallest absolute Gasteiger partial charge is 0.408 e. The van der Waals surface area contributed by atoms with Crippen LogP contribution in [0.1, 0.15) is 247 Å². The van der Waals surface area contributed by atoms with Crippen molar-refractivity contribution in [3.63, 3.8) is 0 Å². The van der Waals surface area contributed by atoms with Gasteiger partial charge in [-0.15, -0.1) is 0 Å². The third kappa shape index (κ3) is 42.7. The molecule has 6 rings (SSSR count). The topological polar surface area (TPSA) is 477 Å². The summed E-state index contributed by atoms with van der Waals surface area (Å²) < 4.78 is 47.9. The molecule has 11 atom stereocenters. The van der Waals surface area contributed by atoms with E-state index in [9.17, 15) is 33.9 Å². The number of aliphatic carboxylic acids is 1. The summed E-state index contributed by atoms with van der Waals surface area (Å²) in [5.74, 6) is -12.2. The molecule has 784 valence electrons. The number of hydrogen-bond donors (Lipinski definition) is 13. The Hall–Kier alpha value is -12.9. The van der Waals surface area contributed by atoms with Gasteiger partial charge in [0.15, 0.2) is 6.04 Å². The highest BCUT2D eigenvalue weighted by atomic mass is 16.6. The molecule has 6 aromatic carbocycles. The highest BCUT2D eigenvalue weighted by Crippen LogP contribution is 2.38. The minimum absolute atomic E-state index is 0.100. The molecule has 0 radical (unpaired) electrons. The lowest BCUT2D eigenvalue weighted by atomic mass is 9.77. The van der Waals surface area contributed by atoms with Gasteiger partial charge in [-0.1, -0.05) is 146 Å². The van der Waals surface area contributed by atoms with E-state index in [-0.39, 0.29) is 19.3 Å². The van der Waals surface area contributed by atoms with E-state index in [1.807, 2.05) is 133 Å². The van der Waals surface area contributed by atoms with Crippen molar-refractivity contribution < 1.29 is 110 Å². The van der Waals surface area contributed by atoms with E-state index in [0.717, 1.165) is 0 Å². The van der Waals surface area contributed by atoms with Crippen LogP contribution in [-0.4, -0.2) is 225 Å². The molecule has 0 saturated heterocycles. The number of esters is 1. The Kier molecular flexibility index (Phi) is 42.7. The van der Waals surface area contributed by atoms with Crippen molar-refractivity contribution >= 4 is 83.0 Å². The highest BCUT2D eigenvalue weighted by Gasteiger charge is 2.44. The van der Waals surface area contributed by atoms with E-state index in [1.54, 1.807) is 203 Å². The molecule has 0 aliphatic carbocycles. The highest BCUT2D eigenvalue weighted by molar-refractivity contribution is 6.00. The number of carbonyl (C=O) groups is 14. The molecule has 0 aromatic heterocycles. The van der Waals surface area contributed by atoms with Crippen LogP contribution >= 0.6 is 0 Å².